The molecule has 5 nitrogen and oxygen atoms in total. The first-order chi connectivity index (χ1) is 13.6. The van der Waals surface area contributed by atoms with Crippen LogP contribution in [0.2, 0.25) is 0 Å². The number of sulfonamides is 1. The zero-order valence-corrected chi connectivity index (χ0v) is 16.2. The van der Waals surface area contributed by atoms with Crippen LogP contribution in [-0.4, -0.2) is 25.7 Å². The fraction of sp³-hybridized carbons (Fsp3) is 0.136. The molecule has 0 aromatic heterocycles. The molecule has 0 N–H and O–H groups in total. The van der Waals surface area contributed by atoms with Crippen molar-refractivity contribution < 1.29 is 13.2 Å². The number of ether oxygens (including phenoxy) is 1. The molecule has 0 aliphatic carbocycles. The van der Waals surface area contributed by atoms with Gasteiger partial charge < -0.3 is 4.74 Å². The van der Waals surface area contributed by atoms with Crippen molar-refractivity contribution in [3.8, 4) is 5.75 Å². The first-order valence-electron chi connectivity index (χ1n) is 8.96. The van der Waals surface area contributed by atoms with Crippen molar-refractivity contribution in [2.24, 2.45) is 5.10 Å². The lowest BCUT2D eigenvalue weighted by molar-refractivity contribution is 0.371. The van der Waals surface area contributed by atoms with Crippen LogP contribution in [-0.2, 0) is 10.0 Å². The first kappa shape index (κ1) is 18.3. The molecule has 0 bridgehead atoms. The van der Waals surface area contributed by atoms with Gasteiger partial charge >= 0.3 is 0 Å². The second kappa shape index (κ2) is 7.48. The van der Waals surface area contributed by atoms with Crippen molar-refractivity contribution in [3.05, 3.63) is 96.1 Å². The zero-order chi connectivity index (χ0) is 19.6. The molecule has 0 spiro atoms. The van der Waals surface area contributed by atoms with Gasteiger partial charge in [0.15, 0.2) is 0 Å². The number of hydrogen-bond donors (Lipinski definition) is 0. The van der Waals surface area contributed by atoms with E-state index >= 15 is 0 Å². The molecule has 0 radical (unpaired) electrons. The van der Waals surface area contributed by atoms with Crippen LogP contribution < -0.4 is 4.74 Å². The summed E-state index contributed by atoms with van der Waals surface area (Å²) in [7, 11) is -2.17. The van der Waals surface area contributed by atoms with Crippen LogP contribution in [0.25, 0.3) is 0 Å². The molecule has 6 heteroatoms. The number of hydrazone groups is 1. The van der Waals surface area contributed by atoms with Gasteiger partial charge in [-0.2, -0.15) is 17.9 Å². The van der Waals surface area contributed by atoms with Crippen molar-refractivity contribution in [1.82, 2.24) is 4.41 Å². The molecule has 1 heterocycles. The molecular weight excluding hydrogens is 372 g/mol. The largest absolute Gasteiger partial charge is 0.497 e. The molecular formula is C22H20N2O3S. The highest BCUT2D eigenvalue weighted by molar-refractivity contribution is 7.89. The summed E-state index contributed by atoms with van der Waals surface area (Å²) >= 11 is 0. The van der Waals surface area contributed by atoms with E-state index in [9.17, 15) is 8.42 Å². The lowest BCUT2D eigenvalue weighted by Crippen LogP contribution is -2.27. The van der Waals surface area contributed by atoms with Crippen LogP contribution in [0.3, 0.4) is 0 Å². The van der Waals surface area contributed by atoms with Gasteiger partial charge in [-0.1, -0.05) is 60.7 Å². The van der Waals surface area contributed by atoms with Gasteiger partial charge in [0.1, 0.15) is 5.75 Å². The second-order valence-corrected chi connectivity index (χ2v) is 8.30. The van der Waals surface area contributed by atoms with E-state index in [-0.39, 0.29) is 4.90 Å². The molecule has 0 fully saturated rings. The Morgan fingerprint density at radius 3 is 2.29 bits per heavy atom. The number of rotatable bonds is 5. The third-order valence-corrected chi connectivity index (χ3v) is 6.44. The maximum Gasteiger partial charge on any atom is 0.279 e. The Bertz CT molecular complexity index is 1100. The predicted octanol–water partition coefficient (Wildman–Crippen LogP) is 4.24. The monoisotopic (exact) mass is 392 g/mol. The van der Waals surface area contributed by atoms with Crippen LogP contribution in [0.4, 0.5) is 0 Å². The summed E-state index contributed by atoms with van der Waals surface area (Å²) in [5, 5.41) is 4.55. The van der Waals surface area contributed by atoms with Crippen molar-refractivity contribution in [2.45, 2.75) is 17.4 Å². The minimum atomic E-state index is -3.78. The minimum absolute atomic E-state index is 0.228. The van der Waals surface area contributed by atoms with Crippen LogP contribution in [0.15, 0.2) is 94.9 Å². The normalized spacial score (nSPS) is 16.7. The third-order valence-electron chi connectivity index (χ3n) is 4.75. The molecule has 142 valence electrons. The zero-order valence-electron chi connectivity index (χ0n) is 15.4. The number of nitrogens with zero attached hydrogens (tertiary/aromatic N) is 2. The molecule has 3 aromatic rings. The Labute approximate surface area is 164 Å². The first-order valence-corrected chi connectivity index (χ1v) is 10.4. The van der Waals surface area contributed by atoms with E-state index < -0.39 is 16.1 Å². The smallest absolute Gasteiger partial charge is 0.279 e. The fourth-order valence-electron chi connectivity index (χ4n) is 3.31. The Kier molecular flexibility index (Phi) is 4.88. The van der Waals surface area contributed by atoms with Gasteiger partial charge in [0.05, 0.1) is 23.8 Å². The van der Waals surface area contributed by atoms with E-state index in [1.165, 1.54) is 4.41 Å². The van der Waals surface area contributed by atoms with Gasteiger partial charge in [-0.3, -0.25) is 0 Å². The van der Waals surface area contributed by atoms with Crippen LogP contribution in [0.1, 0.15) is 23.6 Å². The Hall–Kier alpha value is -3.12. The van der Waals surface area contributed by atoms with Gasteiger partial charge in [0, 0.05) is 12.0 Å². The number of benzene rings is 3. The van der Waals surface area contributed by atoms with Gasteiger partial charge in [-0.25, -0.2) is 0 Å². The number of hydrogen-bond acceptors (Lipinski definition) is 4. The SMILES string of the molecule is COc1cccc(C2=NN(S(=O)(=O)c3ccccc3)[C@@H](c3ccccc3)C2)c1. The molecule has 0 saturated heterocycles. The van der Waals surface area contributed by atoms with Crippen LogP contribution in [0, 0.1) is 0 Å². The van der Waals surface area contributed by atoms with Crippen LogP contribution in [0.5, 0.6) is 5.75 Å². The van der Waals surface area contributed by atoms with Crippen molar-refractivity contribution >= 4 is 15.7 Å². The highest BCUT2D eigenvalue weighted by Crippen LogP contribution is 2.37. The highest BCUT2D eigenvalue weighted by atomic mass is 32.2. The van der Waals surface area contributed by atoms with E-state index in [4.69, 9.17) is 4.74 Å². The summed E-state index contributed by atoms with van der Waals surface area (Å²) in [6.07, 6.45) is 0.489. The van der Waals surface area contributed by atoms with E-state index in [1.807, 2.05) is 54.6 Å². The summed E-state index contributed by atoms with van der Waals surface area (Å²) in [4.78, 5) is 0.228. The fourth-order valence-corrected chi connectivity index (χ4v) is 4.77. The molecule has 0 amide bonds. The summed E-state index contributed by atoms with van der Waals surface area (Å²) < 4.78 is 33.2. The quantitative estimate of drug-likeness (QED) is 0.653. The molecule has 1 atom stereocenters. The maximum absolute atomic E-state index is 13.3. The second-order valence-electron chi connectivity index (χ2n) is 6.50. The maximum atomic E-state index is 13.3. The van der Waals surface area contributed by atoms with Crippen molar-refractivity contribution in [3.63, 3.8) is 0 Å². The van der Waals surface area contributed by atoms with E-state index in [0.717, 1.165) is 11.1 Å². The van der Waals surface area contributed by atoms with E-state index in [1.54, 1.807) is 37.4 Å². The highest BCUT2D eigenvalue weighted by Gasteiger charge is 2.37. The van der Waals surface area contributed by atoms with Crippen LogP contribution >= 0.6 is 0 Å². The summed E-state index contributed by atoms with van der Waals surface area (Å²) in [5.41, 5.74) is 2.47. The topological polar surface area (TPSA) is 59.0 Å². The van der Waals surface area contributed by atoms with Gasteiger partial charge in [0.25, 0.3) is 10.0 Å². The Morgan fingerprint density at radius 1 is 0.929 bits per heavy atom. The average Bonchev–Trinajstić information content (AvgIpc) is 3.21. The third kappa shape index (κ3) is 3.39. The van der Waals surface area contributed by atoms with Gasteiger partial charge in [0.2, 0.25) is 0 Å². The molecule has 4 rings (SSSR count). The molecule has 1 aliphatic heterocycles. The lowest BCUT2D eigenvalue weighted by Gasteiger charge is -2.23. The van der Waals surface area contributed by atoms with Crippen molar-refractivity contribution in [2.75, 3.05) is 7.11 Å². The minimum Gasteiger partial charge on any atom is -0.497 e. The molecule has 0 saturated carbocycles. The Morgan fingerprint density at radius 2 is 1.61 bits per heavy atom. The summed E-state index contributed by atoms with van der Waals surface area (Å²) in [5.74, 6) is 0.709. The number of methoxy groups -OCH3 is 1. The van der Waals surface area contributed by atoms with Gasteiger partial charge in [-0.05, 0) is 29.8 Å². The van der Waals surface area contributed by atoms with E-state index in [0.29, 0.717) is 17.9 Å². The van der Waals surface area contributed by atoms with E-state index in [2.05, 4.69) is 5.10 Å². The van der Waals surface area contributed by atoms with Crippen molar-refractivity contribution in [1.29, 1.82) is 0 Å². The molecule has 1 aliphatic rings. The lowest BCUT2D eigenvalue weighted by atomic mass is 9.99. The molecule has 3 aromatic carbocycles. The Balaban J connectivity index is 1.80. The predicted molar refractivity (Wildman–Crippen MR) is 109 cm³/mol. The average molecular weight is 392 g/mol. The standard InChI is InChI=1S/C22H20N2O3S/c1-27-19-12-8-11-18(15-19)21-16-22(17-9-4-2-5-10-17)24(23-21)28(25,26)20-13-6-3-7-14-20/h2-15,22H,16H2,1H3/t22-/m1/s1. The molecule has 0 unspecified atom stereocenters. The summed E-state index contributed by atoms with van der Waals surface area (Å²) in [6.45, 7) is 0. The van der Waals surface area contributed by atoms with Gasteiger partial charge in [-0.15, -0.1) is 0 Å². The summed E-state index contributed by atoms with van der Waals surface area (Å²) in [6, 6.07) is 25.1. The molecule has 28 heavy (non-hydrogen) atoms.